The number of halogens is 1. The zero-order valence-corrected chi connectivity index (χ0v) is 18.3. The molecule has 26 heavy (non-hydrogen) atoms. The summed E-state index contributed by atoms with van der Waals surface area (Å²) >= 11 is 0. The lowest BCUT2D eigenvalue weighted by molar-refractivity contribution is 0.407. The quantitative estimate of drug-likeness (QED) is 0.268. The third-order valence-corrected chi connectivity index (χ3v) is 3.90. The molecule has 0 fully saturated rings. The summed E-state index contributed by atoms with van der Waals surface area (Å²) in [6.07, 6.45) is 6.57. The van der Waals surface area contributed by atoms with Crippen molar-refractivity contribution in [3.8, 4) is 5.75 Å². The van der Waals surface area contributed by atoms with Crippen molar-refractivity contribution in [1.82, 2.24) is 25.4 Å². The van der Waals surface area contributed by atoms with Crippen LogP contribution in [0.25, 0.3) is 0 Å². The summed E-state index contributed by atoms with van der Waals surface area (Å²) in [6, 6.07) is 1.93. The van der Waals surface area contributed by atoms with Gasteiger partial charge in [-0.15, -0.1) is 24.0 Å². The molecule has 0 aliphatic rings. The van der Waals surface area contributed by atoms with Crippen molar-refractivity contribution in [2.45, 2.75) is 40.3 Å². The first kappa shape index (κ1) is 22.2. The van der Waals surface area contributed by atoms with Crippen molar-refractivity contribution < 1.29 is 4.74 Å². The van der Waals surface area contributed by atoms with Gasteiger partial charge in [-0.1, -0.05) is 0 Å². The van der Waals surface area contributed by atoms with E-state index in [1.54, 1.807) is 13.3 Å². The van der Waals surface area contributed by atoms with E-state index in [9.17, 15) is 0 Å². The predicted octanol–water partition coefficient (Wildman–Crippen LogP) is 2.67. The molecule has 144 valence electrons. The molecule has 0 aliphatic heterocycles. The summed E-state index contributed by atoms with van der Waals surface area (Å²) in [7, 11) is 1.69. The van der Waals surface area contributed by atoms with Crippen LogP contribution < -0.4 is 15.4 Å². The van der Waals surface area contributed by atoms with E-state index in [1.807, 2.05) is 37.0 Å². The van der Waals surface area contributed by atoms with Crippen LogP contribution in [-0.4, -0.2) is 40.9 Å². The number of hydrogen-bond acceptors (Lipinski definition) is 4. The molecule has 0 unspecified atom stereocenters. The van der Waals surface area contributed by atoms with Crippen LogP contribution in [-0.2, 0) is 13.1 Å². The van der Waals surface area contributed by atoms with Crippen LogP contribution in [0, 0.1) is 13.8 Å². The second kappa shape index (κ2) is 11.7. The highest BCUT2D eigenvalue weighted by Crippen LogP contribution is 2.24. The maximum absolute atomic E-state index is 5.46. The van der Waals surface area contributed by atoms with Crippen molar-refractivity contribution in [1.29, 1.82) is 0 Å². The van der Waals surface area contributed by atoms with Crippen molar-refractivity contribution >= 4 is 29.9 Å². The van der Waals surface area contributed by atoms with Crippen molar-refractivity contribution in [2.75, 3.05) is 20.2 Å². The average Bonchev–Trinajstić information content (AvgIpc) is 3.11. The molecule has 2 rings (SSSR count). The lowest BCUT2D eigenvalue weighted by Crippen LogP contribution is -2.38. The first-order valence-corrected chi connectivity index (χ1v) is 8.64. The van der Waals surface area contributed by atoms with E-state index in [0.717, 1.165) is 54.6 Å². The molecule has 0 saturated carbocycles. The molecule has 8 heteroatoms. The Balaban J connectivity index is 0.00000338. The summed E-state index contributed by atoms with van der Waals surface area (Å²) in [6.45, 7) is 9.11. The number of guanidine groups is 1. The number of nitrogens with one attached hydrogen (secondary N) is 2. The van der Waals surface area contributed by atoms with E-state index in [1.165, 1.54) is 0 Å². The molecule has 0 bridgehead atoms. The molecule has 0 radical (unpaired) electrons. The summed E-state index contributed by atoms with van der Waals surface area (Å²) in [5.41, 5.74) is 3.01. The third kappa shape index (κ3) is 6.47. The SMILES string of the molecule is CCNC(=NCc1ncc(C)c(OC)c1C)NCCCn1cccn1.I. The van der Waals surface area contributed by atoms with Crippen LogP contribution in [0.5, 0.6) is 5.75 Å². The molecule has 0 aliphatic carbocycles. The van der Waals surface area contributed by atoms with Gasteiger partial charge in [-0.05, 0) is 33.3 Å². The Labute approximate surface area is 172 Å². The van der Waals surface area contributed by atoms with Gasteiger partial charge in [0.05, 0.1) is 19.3 Å². The minimum Gasteiger partial charge on any atom is -0.496 e. The fourth-order valence-corrected chi connectivity index (χ4v) is 2.61. The summed E-state index contributed by atoms with van der Waals surface area (Å²) in [4.78, 5) is 9.13. The van der Waals surface area contributed by atoms with Crippen LogP contribution in [0.2, 0.25) is 0 Å². The number of ether oxygens (including phenoxy) is 1. The first-order valence-electron chi connectivity index (χ1n) is 8.64. The van der Waals surface area contributed by atoms with Gasteiger partial charge < -0.3 is 15.4 Å². The Morgan fingerprint density at radius 1 is 1.31 bits per heavy atom. The Kier molecular flexibility index (Phi) is 10.0. The van der Waals surface area contributed by atoms with Crippen molar-refractivity contribution in [3.63, 3.8) is 0 Å². The molecular weight excluding hydrogens is 443 g/mol. The summed E-state index contributed by atoms with van der Waals surface area (Å²) < 4.78 is 7.39. The van der Waals surface area contributed by atoms with Crippen molar-refractivity contribution in [2.24, 2.45) is 4.99 Å². The second-order valence-electron chi connectivity index (χ2n) is 5.79. The molecule has 2 N–H and O–H groups in total. The van der Waals surface area contributed by atoms with Crippen LogP contribution in [0.15, 0.2) is 29.6 Å². The number of rotatable bonds is 8. The van der Waals surface area contributed by atoms with Gasteiger partial charge in [-0.3, -0.25) is 9.67 Å². The molecule has 0 aromatic carbocycles. The first-order chi connectivity index (χ1) is 12.2. The topological polar surface area (TPSA) is 76.4 Å². The molecular formula is C18H29IN6O. The fourth-order valence-electron chi connectivity index (χ4n) is 2.61. The number of aryl methyl sites for hydroxylation is 2. The second-order valence-corrected chi connectivity index (χ2v) is 5.79. The van der Waals surface area contributed by atoms with Crippen LogP contribution >= 0.6 is 24.0 Å². The summed E-state index contributed by atoms with van der Waals surface area (Å²) in [5, 5.41) is 10.8. The Morgan fingerprint density at radius 3 is 2.77 bits per heavy atom. The smallest absolute Gasteiger partial charge is 0.191 e. The highest BCUT2D eigenvalue weighted by atomic mass is 127. The molecule has 2 heterocycles. The molecule has 0 atom stereocenters. The van der Waals surface area contributed by atoms with Crippen LogP contribution in [0.1, 0.15) is 30.2 Å². The Hall–Kier alpha value is -1.84. The number of nitrogens with zero attached hydrogens (tertiary/aromatic N) is 4. The monoisotopic (exact) mass is 472 g/mol. The Bertz CT molecular complexity index is 687. The zero-order valence-electron chi connectivity index (χ0n) is 16.0. The van der Waals surface area contributed by atoms with Gasteiger partial charge in [-0.2, -0.15) is 5.10 Å². The van der Waals surface area contributed by atoms with Gasteiger partial charge >= 0.3 is 0 Å². The summed E-state index contributed by atoms with van der Waals surface area (Å²) in [5.74, 6) is 1.68. The Morgan fingerprint density at radius 2 is 2.12 bits per heavy atom. The van der Waals surface area contributed by atoms with Gasteiger partial charge in [0.2, 0.25) is 0 Å². The van der Waals surface area contributed by atoms with Gasteiger partial charge in [0, 0.05) is 49.4 Å². The maximum atomic E-state index is 5.46. The molecule has 0 saturated heterocycles. The largest absolute Gasteiger partial charge is 0.496 e. The van der Waals surface area contributed by atoms with E-state index in [4.69, 9.17) is 4.74 Å². The van der Waals surface area contributed by atoms with E-state index >= 15 is 0 Å². The lowest BCUT2D eigenvalue weighted by atomic mass is 10.1. The zero-order chi connectivity index (χ0) is 18.1. The molecule has 2 aromatic heterocycles. The van der Waals surface area contributed by atoms with Crippen LogP contribution in [0.3, 0.4) is 0 Å². The van der Waals surface area contributed by atoms with E-state index < -0.39 is 0 Å². The number of methoxy groups -OCH3 is 1. The molecule has 0 amide bonds. The number of aromatic nitrogens is 3. The fraction of sp³-hybridized carbons (Fsp3) is 0.500. The standard InChI is InChI=1S/C18H28N6O.HI/c1-5-19-18(20-8-6-10-24-11-7-9-23-24)22-13-16-15(3)17(25-4)14(2)12-21-16;/h7,9,11-12H,5-6,8,10,13H2,1-4H3,(H2,19,20,22);1H. The van der Waals surface area contributed by atoms with Gasteiger partial charge in [0.25, 0.3) is 0 Å². The van der Waals surface area contributed by atoms with Gasteiger partial charge in [0.15, 0.2) is 5.96 Å². The normalized spacial score (nSPS) is 11.0. The lowest BCUT2D eigenvalue weighted by Gasteiger charge is -2.13. The average molecular weight is 472 g/mol. The highest BCUT2D eigenvalue weighted by molar-refractivity contribution is 14.0. The van der Waals surface area contributed by atoms with Crippen molar-refractivity contribution in [3.05, 3.63) is 41.5 Å². The van der Waals surface area contributed by atoms with E-state index in [2.05, 4.69) is 32.6 Å². The predicted molar refractivity (Wildman–Crippen MR) is 115 cm³/mol. The molecule has 0 spiro atoms. The minimum atomic E-state index is 0. The number of pyridine rings is 1. The minimum absolute atomic E-state index is 0. The highest BCUT2D eigenvalue weighted by Gasteiger charge is 2.09. The maximum Gasteiger partial charge on any atom is 0.191 e. The molecule has 2 aromatic rings. The molecule has 7 nitrogen and oxygen atoms in total. The number of aliphatic imine (C=N–C) groups is 1. The van der Waals surface area contributed by atoms with E-state index in [0.29, 0.717) is 6.54 Å². The van der Waals surface area contributed by atoms with Gasteiger partial charge in [-0.25, -0.2) is 4.99 Å². The van der Waals surface area contributed by atoms with Crippen LogP contribution in [0.4, 0.5) is 0 Å². The third-order valence-electron chi connectivity index (χ3n) is 3.90. The number of hydrogen-bond donors (Lipinski definition) is 2. The van der Waals surface area contributed by atoms with Gasteiger partial charge in [0.1, 0.15) is 5.75 Å². The van der Waals surface area contributed by atoms with E-state index in [-0.39, 0.29) is 24.0 Å².